The lowest BCUT2D eigenvalue weighted by molar-refractivity contribution is 0.155. The smallest absolute Gasteiger partial charge is 0.200 e. The van der Waals surface area contributed by atoms with Crippen LogP contribution in [-0.4, -0.2) is 6.61 Å². The molecule has 0 heterocycles. The fourth-order valence-electron chi connectivity index (χ4n) is 5.47. The van der Waals surface area contributed by atoms with Crippen molar-refractivity contribution in [3.63, 3.8) is 0 Å². The van der Waals surface area contributed by atoms with Crippen LogP contribution in [0, 0.1) is 29.4 Å². The van der Waals surface area contributed by atoms with Gasteiger partial charge in [-0.1, -0.05) is 45.1 Å². The molecule has 156 valence electrons. The van der Waals surface area contributed by atoms with Gasteiger partial charge in [-0.3, -0.25) is 0 Å². The van der Waals surface area contributed by atoms with Gasteiger partial charge in [-0.15, -0.1) is 0 Å². The molecular weight excluding hydrogens is 342 g/mol. The van der Waals surface area contributed by atoms with Crippen molar-refractivity contribution in [1.29, 1.82) is 0 Å². The molecule has 0 radical (unpaired) electrons. The van der Waals surface area contributed by atoms with E-state index in [2.05, 4.69) is 6.92 Å². The Bertz CT molecular complexity index is 595. The van der Waals surface area contributed by atoms with E-state index in [-0.39, 0.29) is 14.5 Å². The summed E-state index contributed by atoms with van der Waals surface area (Å²) in [6.45, 7) is 4.41. The topological polar surface area (TPSA) is 9.23 Å². The molecule has 2 aliphatic rings. The van der Waals surface area contributed by atoms with Gasteiger partial charge in [-0.25, -0.2) is 4.39 Å². The first-order chi connectivity index (χ1) is 13.1. The SMILES string of the molecule is CCCCC1CCC(C2CCC(c3ccc(OCC)c(F)c3F)CC2)CC1.[HH].[HH]. The largest absolute Gasteiger partial charge is 0.491 e. The monoisotopic (exact) mass is 382 g/mol. The van der Waals surface area contributed by atoms with E-state index in [1.54, 1.807) is 19.1 Å². The number of rotatable bonds is 7. The van der Waals surface area contributed by atoms with Crippen molar-refractivity contribution < 1.29 is 16.4 Å². The van der Waals surface area contributed by atoms with E-state index in [0.717, 1.165) is 30.6 Å². The second kappa shape index (κ2) is 9.89. The van der Waals surface area contributed by atoms with Crippen LogP contribution in [0.3, 0.4) is 0 Å². The molecule has 0 bridgehead atoms. The molecule has 2 fully saturated rings. The Hall–Kier alpha value is -1.12. The number of unbranched alkanes of at least 4 members (excludes halogenated alkanes) is 1. The van der Waals surface area contributed by atoms with Gasteiger partial charge < -0.3 is 4.74 Å². The van der Waals surface area contributed by atoms with Crippen molar-refractivity contribution >= 4 is 0 Å². The maximum atomic E-state index is 14.5. The zero-order valence-electron chi connectivity index (χ0n) is 17.1. The van der Waals surface area contributed by atoms with Crippen molar-refractivity contribution in [1.82, 2.24) is 0 Å². The number of benzene rings is 1. The maximum Gasteiger partial charge on any atom is 0.200 e. The summed E-state index contributed by atoms with van der Waals surface area (Å²) in [5.41, 5.74) is 0.553. The van der Waals surface area contributed by atoms with Gasteiger partial charge in [0.25, 0.3) is 0 Å². The Kier molecular flexibility index (Phi) is 7.55. The van der Waals surface area contributed by atoms with E-state index in [1.165, 1.54) is 57.8 Å². The molecule has 3 heteroatoms. The summed E-state index contributed by atoms with van der Waals surface area (Å²) in [7, 11) is 0. The van der Waals surface area contributed by atoms with Crippen LogP contribution >= 0.6 is 0 Å². The molecule has 0 spiro atoms. The second-order valence-electron chi connectivity index (χ2n) is 8.75. The quantitative estimate of drug-likeness (QED) is 0.462. The molecule has 0 unspecified atom stereocenters. The van der Waals surface area contributed by atoms with E-state index < -0.39 is 11.6 Å². The van der Waals surface area contributed by atoms with Crippen LogP contribution in [0.4, 0.5) is 8.78 Å². The molecule has 0 saturated heterocycles. The molecule has 0 amide bonds. The summed E-state index contributed by atoms with van der Waals surface area (Å²) in [6.07, 6.45) is 14.0. The molecule has 1 nitrogen and oxygen atoms in total. The summed E-state index contributed by atoms with van der Waals surface area (Å²) in [6, 6.07) is 3.34. The zero-order chi connectivity index (χ0) is 19.2. The predicted molar refractivity (Wildman–Crippen MR) is 111 cm³/mol. The highest BCUT2D eigenvalue weighted by atomic mass is 19.2. The van der Waals surface area contributed by atoms with Gasteiger partial charge in [-0.2, -0.15) is 4.39 Å². The van der Waals surface area contributed by atoms with E-state index in [0.29, 0.717) is 12.2 Å². The fourth-order valence-corrected chi connectivity index (χ4v) is 5.47. The second-order valence-corrected chi connectivity index (χ2v) is 8.75. The molecule has 3 rings (SSSR count). The number of ether oxygens (including phenoxy) is 1. The summed E-state index contributed by atoms with van der Waals surface area (Å²) >= 11 is 0. The lowest BCUT2D eigenvalue weighted by Crippen LogP contribution is -2.25. The summed E-state index contributed by atoms with van der Waals surface area (Å²) in [5.74, 6) is 1.30. The lowest BCUT2D eigenvalue weighted by atomic mass is 9.68. The van der Waals surface area contributed by atoms with Crippen LogP contribution in [0.1, 0.15) is 98.8 Å². The van der Waals surface area contributed by atoms with Crippen molar-refractivity contribution in [3.05, 3.63) is 29.3 Å². The summed E-state index contributed by atoms with van der Waals surface area (Å²) < 4.78 is 33.9. The molecule has 0 aliphatic heterocycles. The van der Waals surface area contributed by atoms with Crippen LogP contribution in [0.2, 0.25) is 0 Å². The minimum atomic E-state index is -0.818. The Morgan fingerprint density at radius 1 is 0.889 bits per heavy atom. The van der Waals surface area contributed by atoms with Crippen molar-refractivity contribution in [2.75, 3.05) is 6.61 Å². The highest BCUT2D eigenvalue weighted by Crippen LogP contribution is 2.45. The third kappa shape index (κ3) is 5.03. The Labute approximate surface area is 166 Å². The number of hydrogen-bond acceptors (Lipinski definition) is 1. The molecule has 0 aromatic heterocycles. The molecule has 0 atom stereocenters. The molecule has 1 aromatic rings. The van der Waals surface area contributed by atoms with Crippen LogP contribution in [0.15, 0.2) is 12.1 Å². The average molecular weight is 383 g/mol. The van der Waals surface area contributed by atoms with E-state index in [4.69, 9.17) is 4.74 Å². The minimum absolute atomic E-state index is 0. The highest BCUT2D eigenvalue weighted by molar-refractivity contribution is 5.33. The Morgan fingerprint density at radius 2 is 1.52 bits per heavy atom. The van der Waals surface area contributed by atoms with Crippen molar-refractivity contribution in [3.8, 4) is 5.75 Å². The standard InChI is InChI=1S/C24H36F2O.2H2/c1-3-5-6-17-7-9-18(10-8-17)19-11-13-20(14-12-19)21-15-16-22(27-4-2)24(26)23(21)25;;/h15-20H,3-14H2,1-2H3;2*1H. The van der Waals surface area contributed by atoms with Gasteiger partial charge in [0.15, 0.2) is 11.6 Å². The van der Waals surface area contributed by atoms with Gasteiger partial charge in [0.05, 0.1) is 6.61 Å². The highest BCUT2D eigenvalue weighted by Gasteiger charge is 2.32. The first-order valence-corrected chi connectivity index (χ1v) is 11.2. The fraction of sp³-hybridized carbons (Fsp3) is 0.750. The van der Waals surface area contributed by atoms with Crippen LogP contribution in [0.5, 0.6) is 5.75 Å². The van der Waals surface area contributed by atoms with E-state index in [1.807, 2.05) is 0 Å². The molecule has 1 aromatic carbocycles. The minimum Gasteiger partial charge on any atom is -0.491 e. The average Bonchev–Trinajstić information content (AvgIpc) is 2.71. The first-order valence-electron chi connectivity index (χ1n) is 11.2. The van der Waals surface area contributed by atoms with E-state index in [9.17, 15) is 8.78 Å². The zero-order valence-corrected chi connectivity index (χ0v) is 17.1. The molecule has 27 heavy (non-hydrogen) atoms. The number of hydrogen-bond donors (Lipinski definition) is 0. The van der Waals surface area contributed by atoms with Crippen molar-refractivity contribution in [2.45, 2.75) is 90.4 Å². The molecular formula is C24H40F2O. The summed E-state index contributed by atoms with van der Waals surface area (Å²) in [4.78, 5) is 0. The van der Waals surface area contributed by atoms with Gasteiger partial charge in [-0.05, 0) is 80.8 Å². The third-order valence-corrected chi connectivity index (χ3v) is 7.11. The predicted octanol–water partition coefficient (Wildman–Crippen LogP) is 8.13. The van der Waals surface area contributed by atoms with Crippen LogP contribution < -0.4 is 4.74 Å². The van der Waals surface area contributed by atoms with Crippen LogP contribution in [0.25, 0.3) is 0 Å². The van der Waals surface area contributed by atoms with Crippen molar-refractivity contribution in [2.24, 2.45) is 17.8 Å². The Balaban J connectivity index is 0.00000210. The maximum absolute atomic E-state index is 14.5. The van der Waals surface area contributed by atoms with Crippen LogP contribution in [-0.2, 0) is 0 Å². The first kappa shape index (κ1) is 20.6. The lowest BCUT2D eigenvalue weighted by Gasteiger charge is -2.38. The third-order valence-electron chi connectivity index (χ3n) is 7.11. The van der Waals surface area contributed by atoms with Gasteiger partial charge >= 0.3 is 0 Å². The molecule has 0 N–H and O–H groups in total. The number of halogens is 2. The van der Waals surface area contributed by atoms with E-state index >= 15 is 0 Å². The van der Waals surface area contributed by atoms with Gasteiger partial charge in [0.2, 0.25) is 5.82 Å². The summed E-state index contributed by atoms with van der Waals surface area (Å²) in [5, 5.41) is 0. The normalized spacial score (nSPS) is 28.9. The molecule has 2 saturated carbocycles. The van der Waals surface area contributed by atoms with Gasteiger partial charge in [0, 0.05) is 2.85 Å². The van der Waals surface area contributed by atoms with Gasteiger partial charge in [0.1, 0.15) is 0 Å². The Morgan fingerprint density at radius 3 is 2.11 bits per heavy atom. The molecule has 2 aliphatic carbocycles.